The molecule has 0 amide bonds. The number of aromatic amines is 1. The van der Waals surface area contributed by atoms with Crippen LogP contribution in [0.3, 0.4) is 0 Å². The van der Waals surface area contributed by atoms with Gasteiger partial charge in [-0.1, -0.05) is 35.9 Å². The number of esters is 1. The van der Waals surface area contributed by atoms with E-state index in [1.807, 2.05) is 36.6 Å². The van der Waals surface area contributed by atoms with Crippen molar-refractivity contribution in [2.45, 2.75) is 20.0 Å². The number of anilines is 2. The molecule has 0 unspecified atom stereocenters. The number of hydrogen-bond donors (Lipinski definition) is 2. The molecule has 2 aromatic carbocycles. The Labute approximate surface area is 170 Å². The Morgan fingerprint density at radius 3 is 2.69 bits per heavy atom. The Balaban J connectivity index is 1.37. The van der Waals surface area contributed by atoms with Gasteiger partial charge in [0, 0.05) is 16.5 Å². The zero-order valence-corrected chi connectivity index (χ0v) is 16.5. The normalized spacial score (nSPS) is 10.8. The SMILES string of the molecule is Cc1ccc(Nc2nc(COC(=O)Cc3n[nH]c(=O)c4ccccc34)cs2)cc1. The summed E-state index contributed by atoms with van der Waals surface area (Å²) in [6.07, 6.45) is -0.0318. The number of carbonyl (C=O) groups excluding carboxylic acids is 1. The number of benzene rings is 2. The van der Waals surface area contributed by atoms with E-state index >= 15 is 0 Å². The van der Waals surface area contributed by atoms with E-state index in [-0.39, 0.29) is 18.6 Å². The van der Waals surface area contributed by atoms with Gasteiger partial charge in [0.25, 0.3) is 5.56 Å². The number of carbonyl (C=O) groups is 1. The number of nitrogens with zero attached hydrogens (tertiary/aromatic N) is 2. The number of rotatable bonds is 6. The summed E-state index contributed by atoms with van der Waals surface area (Å²) in [6, 6.07) is 15.0. The number of aromatic nitrogens is 3. The number of ether oxygens (including phenoxy) is 1. The van der Waals surface area contributed by atoms with Crippen LogP contribution in [-0.2, 0) is 22.6 Å². The molecule has 2 N–H and O–H groups in total. The lowest BCUT2D eigenvalue weighted by molar-refractivity contribution is -0.144. The molecule has 0 saturated heterocycles. The van der Waals surface area contributed by atoms with Crippen molar-refractivity contribution in [2.24, 2.45) is 0 Å². The van der Waals surface area contributed by atoms with Gasteiger partial charge in [0.15, 0.2) is 5.13 Å². The molecule has 29 heavy (non-hydrogen) atoms. The first kappa shape index (κ1) is 18.8. The molecule has 0 aliphatic rings. The molecule has 0 fully saturated rings. The molecule has 0 spiro atoms. The minimum atomic E-state index is -0.434. The Morgan fingerprint density at radius 2 is 1.90 bits per heavy atom. The average molecular weight is 406 g/mol. The number of hydrogen-bond acceptors (Lipinski definition) is 7. The predicted octanol–water partition coefficient (Wildman–Crippen LogP) is 3.72. The molecule has 7 nitrogen and oxygen atoms in total. The highest BCUT2D eigenvalue weighted by Crippen LogP contribution is 2.22. The molecule has 2 heterocycles. The predicted molar refractivity (Wildman–Crippen MR) is 112 cm³/mol. The highest BCUT2D eigenvalue weighted by Gasteiger charge is 2.13. The molecule has 4 aromatic rings. The fourth-order valence-corrected chi connectivity index (χ4v) is 3.55. The van der Waals surface area contributed by atoms with Gasteiger partial charge in [-0.05, 0) is 25.1 Å². The van der Waals surface area contributed by atoms with Gasteiger partial charge in [0.05, 0.1) is 23.2 Å². The zero-order chi connectivity index (χ0) is 20.2. The minimum Gasteiger partial charge on any atom is -0.459 e. The van der Waals surface area contributed by atoms with Crippen molar-refractivity contribution in [1.29, 1.82) is 0 Å². The summed E-state index contributed by atoms with van der Waals surface area (Å²) in [4.78, 5) is 28.5. The second kappa shape index (κ2) is 8.24. The van der Waals surface area contributed by atoms with Crippen molar-refractivity contribution in [3.63, 3.8) is 0 Å². The number of nitrogens with one attached hydrogen (secondary N) is 2. The van der Waals surface area contributed by atoms with Gasteiger partial charge in [-0.2, -0.15) is 5.10 Å². The molecule has 0 saturated carbocycles. The Hall–Kier alpha value is -3.52. The monoisotopic (exact) mass is 406 g/mol. The molecule has 0 aliphatic heterocycles. The maximum absolute atomic E-state index is 12.2. The Morgan fingerprint density at radius 1 is 1.14 bits per heavy atom. The lowest BCUT2D eigenvalue weighted by Gasteiger charge is -2.05. The third-order valence-electron chi connectivity index (χ3n) is 4.32. The summed E-state index contributed by atoms with van der Waals surface area (Å²) < 4.78 is 5.34. The van der Waals surface area contributed by atoms with E-state index in [1.54, 1.807) is 24.3 Å². The van der Waals surface area contributed by atoms with Crippen molar-refractivity contribution in [3.8, 4) is 0 Å². The first-order valence-electron chi connectivity index (χ1n) is 8.98. The zero-order valence-electron chi connectivity index (χ0n) is 15.6. The van der Waals surface area contributed by atoms with Gasteiger partial charge in [0.1, 0.15) is 6.61 Å². The van der Waals surface area contributed by atoms with Gasteiger partial charge < -0.3 is 10.1 Å². The summed E-state index contributed by atoms with van der Waals surface area (Å²) in [6.45, 7) is 2.11. The van der Waals surface area contributed by atoms with Crippen molar-refractivity contribution >= 4 is 38.9 Å². The first-order chi connectivity index (χ1) is 14.1. The summed E-state index contributed by atoms with van der Waals surface area (Å²) in [5, 5.41) is 13.4. The van der Waals surface area contributed by atoms with Crippen LogP contribution in [0.2, 0.25) is 0 Å². The molecule has 2 aromatic heterocycles. The maximum Gasteiger partial charge on any atom is 0.312 e. The van der Waals surface area contributed by atoms with Crippen LogP contribution in [0.5, 0.6) is 0 Å². The van der Waals surface area contributed by atoms with E-state index in [0.717, 1.165) is 10.8 Å². The number of H-pyrrole nitrogens is 1. The summed E-state index contributed by atoms with van der Waals surface area (Å²) in [5.41, 5.74) is 2.99. The van der Waals surface area contributed by atoms with E-state index in [0.29, 0.717) is 22.2 Å². The van der Waals surface area contributed by atoms with Crippen LogP contribution >= 0.6 is 11.3 Å². The second-order valence-electron chi connectivity index (χ2n) is 6.52. The third-order valence-corrected chi connectivity index (χ3v) is 5.13. The van der Waals surface area contributed by atoms with Crippen molar-refractivity contribution < 1.29 is 9.53 Å². The van der Waals surface area contributed by atoms with E-state index < -0.39 is 5.97 Å². The largest absolute Gasteiger partial charge is 0.459 e. The maximum atomic E-state index is 12.2. The highest BCUT2D eigenvalue weighted by molar-refractivity contribution is 7.13. The van der Waals surface area contributed by atoms with Crippen molar-refractivity contribution in [2.75, 3.05) is 5.32 Å². The quantitative estimate of drug-likeness (QED) is 0.474. The molecule has 8 heteroatoms. The lowest BCUT2D eigenvalue weighted by atomic mass is 10.1. The van der Waals surface area contributed by atoms with Crippen LogP contribution in [-0.4, -0.2) is 21.2 Å². The van der Waals surface area contributed by atoms with Gasteiger partial charge in [-0.15, -0.1) is 11.3 Å². The molecule has 0 aliphatic carbocycles. The Bertz CT molecular complexity index is 1210. The van der Waals surface area contributed by atoms with E-state index in [4.69, 9.17) is 4.74 Å². The number of aryl methyl sites for hydroxylation is 1. The average Bonchev–Trinajstić information content (AvgIpc) is 3.18. The standard InChI is InChI=1S/C21H18N4O3S/c1-13-6-8-14(9-7-13)22-21-23-15(12-29-21)11-28-19(26)10-18-16-4-2-3-5-17(16)20(27)25-24-18/h2-9,12H,10-11H2,1H3,(H,22,23)(H,25,27). The molecule has 0 bridgehead atoms. The van der Waals surface area contributed by atoms with Crippen LogP contribution < -0.4 is 10.9 Å². The van der Waals surface area contributed by atoms with E-state index in [2.05, 4.69) is 20.5 Å². The second-order valence-corrected chi connectivity index (χ2v) is 7.38. The minimum absolute atomic E-state index is 0.0318. The molecular formula is C21H18N4O3S. The number of thiazole rings is 1. The fraction of sp³-hybridized carbons (Fsp3) is 0.143. The van der Waals surface area contributed by atoms with Crippen LogP contribution in [0.4, 0.5) is 10.8 Å². The highest BCUT2D eigenvalue weighted by atomic mass is 32.1. The lowest BCUT2D eigenvalue weighted by Crippen LogP contribution is -2.15. The van der Waals surface area contributed by atoms with E-state index in [1.165, 1.54) is 16.9 Å². The molecular weight excluding hydrogens is 388 g/mol. The molecule has 0 radical (unpaired) electrons. The topological polar surface area (TPSA) is 97.0 Å². The summed E-state index contributed by atoms with van der Waals surface area (Å²) >= 11 is 1.44. The van der Waals surface area contributed by atoms with Gasteiger partial charge in [-0.25, -0.2) is 10.1 Å². The van der Waals surface area contributed by atoms with Crippen molar-refractivity contribution in [3.05, 3.63) is 81.2 Å². The van der Waals surface area contributed by atoms with E-state index in [9.17, 15) is 9.59 Å². The van der Waals surface area contributed by atoms with Crippen molar-refractivity contribution in [1.82, 2.24) is 15.2 Å². The molecule has 146 valence electrons. The summed E-state index contributed by atoms with van der Waals surface area (Å²) in [7, 11) is 0. The molecule has 0 atom stereocenters. The van der Waals surface area contributed by atoms with Crippen LogP contribution in [0.15, 0.2) is 58.7 Å². The van der Waals surface area contributed by atoms with Crippen LogP contribution in [0, 0.1) is 6.92 Å². The van der Waals surface area contributed by atoms with Gasteiger partial charge in [0.2, 0.25) is 0 Å². The van der Waals surface area contributed by atoms with Crippen LogP contribution in [0.1, 0.15) is 17.0 Å². The van der Waals surface area contributed by atoms with Crippen LogP contribution in [0.25, 0.3) is 10.8 Å². The fourth-order valence-electron chi connectivity index (χ4n) is 2.84. The number of fused-ring (bicyclic) bond motifs is 1. The smallest absolute Gasteiger partial charge is 0.312 e. The van der Waals surface area contributed by atoms with Gasteiger partial charge in [-0.3, -0.25) is 9.59 Å². The third kappa shape index (κ3) is 4.49. The first-order valence-corrected chi connectivity index (χ1v) is 9.86. The molecule has 4 rings (SSSR count). The summed E-state index contributed by atoms with van der Waals surface area (Å²) in [5.74, 6) is -0.434. The van der Waals surface area contributed by atoms with Gasteiger partial charge >= 0.3 is 5.97 Å². The Kier molecular flexibility index (Phi) is 5.35.